The van der Waals surface area contributed by atoms with E-state index in [2.05, 4.69) is 30.7 Å². The third-order valence-corrected chi connectivity index (χ3v) is 7.30. The van der Waals surface area contributed by atoms with Crippen molar-refractivity contribution in [1.82, 2.24) is 14.2 Å². The lowest BCUT2D eigenvalue weighted by molar-refractivity contribution is 0.169. The van der Waals surface area contributed by atoms with Crippen LogP contribution in [-0.2, 0) is 22.0 Å². The van der Waals surface area contributed by atoms with E-state index in [9.17, 15) is 8.42 Å². The van der Waals surface area contributed by atoms with Crippen molar-refractivity contribution >= 4 is 21.1 Å². The number of piperazine rings is 1. The van der Waals surface area contributed by atoms with Gasteiger partial charge in [-0.1, -0.05) is 45.0 Å². The third-order valence-electron chi connectivity index (χ3n) is 5.39. The van der Waals surface area contributed by atoms with Crippen LogP contribution in [0.2, 0.25) is 0 Å². The first kappa shape index (κ1) is 20.1. The normalized spacial score (nSPS) is 17.1. The van der Waals surface area contributed by atoms with E-state index in [-0.39, 0.29) is 5.41 Å². The molecule has 6 nitrogen and oxygen atoms in total. The van der Waals surface area contributed by atoms with Gasteiger partial charge in [0, 0.05) is 26.2 Å². The van der Waals surface area contributed by atoms with E-state index in [1.807, 2.05) is 36.4 Å². The first-order chi connectivity index (χ1) is 13.7. The lowest BCUT2D eigenvalue weighted by Crippen LogP contribution is -2.48. The maximum Gasteiger partial charge on any atom is 0.243 e. The minimum atomic E-state index is -3.47. The number of hydrogen-bond donors (Lipinski definition) is 0. The molecule has 0 unspecified atom stereocenters. The molecule has 29 heavy (non-hydrogen) atoms. The summed E-state index contributed by atoms with van der Waals surface area (Å²) < 4.78 is 33.4. The summed E-state index contributed by atoms with van der Waals surface area (Å²) in [5.74, 6) is 0.667. The number of hydrogen-bond acceptors (Lipinski definition) is 5. The minimum Gasteiger partial charge on any atom is -0.439 e. The van der Waals surface area contributed by atoms with Crippen LogP contribution in [0.1, 0.15) is 32.2 Å². The van der Waals surface area contributed by atoms with Crippen LogP contribution in [0.25, 0.3) is 11.1 Å². The van der Waals surface area contributed by atoms with Crippen molar-refractivity contribution in [2.45, 2.75) is 37.6 Å². The smallest absolute Gasteiger partial charge is 0.243 e. The molecule has 0 radical (unpaired) electrons. The van der Waals surface area contributed by atoms with E-state index in [0.29, 0.717) is 43.5 Å². The van der Waals surface area contributed by atoms with Crippen LogP contribution in [0.15, 0.2) is 57.8 Å². The Morgan fingerprint density at radius 1 is 0.966 bits per heavy atom. The molecule has 0 bridgehead atoms. The van der Waals surface area contributed by atoms with Crippen molar-refractivity contribution in [2.24, 2.45) is 0 Å². The number of sulfonamides is 1. The first-order valence-electron chi connectivity index (χ1n) is 9.91. The Labute approximate surface area is 172 Å². The van der Waals surface area contributed by atoms with Gasteiger partial charge in [0.05, 0.1) is 11.4 Å². The van der Waals surface area contributed by atoms with E-state index in [1.54, 1.807) is 16.4 Å². The molecule has 1 aromatic heterocycles. The van der Waals surface area contributed by atoms with Gasteiger partial charge in [-0.2, -0.15) is 4.31 Å². The van der Waals surface area contributed by atoms with E-state index < -0.39 is 10.0 Å². The maximum absolute atomic E-state index is 13.0. The van der Waals surface area contributed by atoms with Crippen molar-refractivity contribution < 1.29 is 12.8 Å². The van der Waals surface area contributed by atoms with Crippen molar-refractivity contribution in [1.29, 1.82) is 0 Å². The molecule has 3 aromatic rings. The molecule has 0 N–H and O–H groups in total. The van der Waals surface area contributed by atoms with Gasteiger partial charge >= 0.3 is 0 Å². The predicted molar refractivity (Wildman–Crippen MR) is 113 cm³/mol. The fourth-order valence-corrected chi connectivity index (χ4v) is 5.00. The van der Waals surface area contributed by atoms with Gasteiger partial charge in [-0.3, -0.25) is 4.90 Å². The van der Waals surface area contributed by atoms with Crippen LogP contribution >= 0.6 is 0 Å². The van der Waals surface area contributed by atoms with Crippen molar-refractivity contribution in [3.63, 3.8) is 0 Å². The topological polar surface area (TPSA) is 66.7 Å². The highest BCUT2D eigenvalue weighted by Crippen LogP contribution is 2.25. The molecule has 7 heteroatoms. The van der Waals surface area contributed by atoms with Gasteiger partial charge in [-0.05, 0) is 35.2 Å². The first-order valence-corrected chi connectivity index (χ1v) is 11.3. The van der Waals surface area contributed by atoms with Crippen LogP contribution < -0.4 is 0 Å². The molecule has 1 aliphatic heterocycles. The summed E-state index contributed by atoms with van der Waals surface area (Å²) in [7, 11) is -3.47. The summed E-state index contributed by atoms with van der Waals surface area (Å²) in [6.07, 6.45) is 0. The Morgan fingerprint density at radius 3 is 2.24 bits per heavy atom. The molecule has 2 heterocycles. The molecule has 0 atom stereocenters. The van der Waals surface area contributed by atoms with Crippen molar-refractivity contribution in [3.8, 4) is 0 Å². The second-order valence-corrected chi connectivity index (χ2v) is 10.5. The summed E-state index contributed by atoms with van der Waals surface area (Å²) in [4.78, 5) is 7.05. The monoisotopic (exact) mass is 413 g/mol. The number of oxazole rings is 1. The van der Waals surface area contributed by atoms with Crippen LogP contribution in [-0.4, -0.2) is 48.8 Å². The Balaban J connectivity index is 1.40. The summed E-state index contributed by atoms with van der Waals surface area (Å²) in [6, 6.07) is 15.0. The van der Waals surface area contributed by atoms with Gasteiger partial charge < -0.3 is 4.42 Å². The maximum atomic E-state index is 13.0. The predicted octanol–water partition coefficient (Wildman–Crippen LogP) is 3.63. The van der Waals surface area contributed by atoms with Crippen LogP contribution in [0.3, 0.4) is 0 Å². The average molecular weight is 414 g/mol. The minimum absolute atomic E-state index is 0.00138. The highest BCUT2D eigenvalue weighted by Gasteiger charge is 2.29. The van der Waals surface area contributed by atoms with E-state index >= 15 is 0 Å². The zero-order valence-electron chi connectivity index (χ0n) is 17.1. The van der Waals surface area contributed by atoms with Gasteiger partial charge in [0.15, 0.2) is 5.58 Å². The summed E-state index contributed by atoms with van der Waals surface area (Å²) >= 11 is 0. The molecular weight excluding hydrogens is 386 g/mol. The summed E-state index contributed by atoms with van der Waals surface area (Å²) in [5.41, 5.74) is 2.75. The molecule has 0 aliphatic carbocycles. The van der Waals surface area contributed by atoms with Crippen LogP contribution in [0.5, 0.6) is 0 Å². The average Bonchev–Trinajstić information content (AvgIpc) is 3.10. The van der Waals surface area contributed by atoms with Crippen molar-refractivity contribution in [2.75, 3.05) is 26.2 Å². The zero-order valence-corrected chi connectivity index (χ0v) is 17.9. The number of rotatable bonds is 4. The van der Waals surface area contributed by atoms with Gasteiger partial charge in [-0.15, -0.1) is 0 Å². The Hall–Kier alpha value is -2.22. The Bertz CT molecular complexity index is 1060. The highest BCUT2D eigenvalue weighted by atomic mass is 32.2. The standard InChI is InChI=1S/C22H27N3O3S/c1-22(2,3)17-8-10-18(11-9-17)29(26,27)25-14-12-24(13-15-25)16-21-23-19-6-4-5-7-20(19)28-21/h4-11H,12-16H2,1-3H3. The SMILES string of the molecule is CC(C)(C)c1ccc(S(=O)(=O)N2CCN(Cc3nc4ccccc4o3)CC2)cc1. The van der Waals surface area contributed by atoms with Gasteiger partial charge in [0.2, 0.25) is 15.9 Å². The molecule has 0 amide bonds. The van der Waals surface area contributed by atoms with E-state index in [4.69, 9.17) is 4.42 Å². The van der Waals surface area contributed by atoms with Crippen molar-refractivity contribution in [3.05, 3.63) is 60.0 Å². The van der Waals surface area contributed by atoms with E-state index in [0.717, 1.165) is 16.7 Å². The zero-order chi connectivity index (χ0) is 20.6. The molecule has 0 spiro atoms. The number of para-hydroxylation sites is 2. The molecule has 2 aromatic carbocycles. The molecule has 154 valence electrons. The fourth-order valence-electron chi connectivity index (χ4n) is 3.58. The molecule has 1 saturated heterocycles. The lowest BCUT2D eigenvalue weighted by atomic mass is 9.87. The highest BCUT2D eigenvalue weighted by molar-refractivity contribution is 7.89. The third kappa shape index (κ3) is 4.22. The number of aromatic nitrogens is 1. The van der Waals surface area contributed by atoms with Gasteiger partial charge in [0.25, 0.3) is 0 Å². The quantitative estimate of drug-likeness (QED) is 0.653. The van der Waals surface area contributed by atoms with E-state index in [1.165, 1.54) is 0 Å². The number of nitrogens with zero attached hydrogens (tertiary/aromatic N) is 3. The lowest BCUT2D eigenvalue weighted by Gasteiger charge is -2.33. The Kier molecular flexibility index (Phi) is 5.23. The van der Waals surface area contributed by atoms with Gasteiger partial charge in [0.1, 0.15) is 5.52 Å². The second-order valence-electron chi connectivity index (χ2n) is 8.53. The van der Waals surface area contributed by atoms with Gasteiger partial charge in [-0.25, -0.2) is 13.4 Å². The molecule has 1 fully saturated rings. The molecular formula is C22H27N3O3S. The second kappa shape index (κ2) is 7.55. The van der Waals surface area contributed by atoms with Crippen LogP contribution in [0.4, 0.5) is 0 Å². The van der Waals surface area contributed by atoms with Crippen LogP contribution in [0, 0.1) is 0 Å². The largest absolute Gasteiger partial charge is 0.439 e. The fraction of sp³-hybridized carbons (Fsp3) is 0.409. The number of fused-ring (bicyclic) bond motifs is 1. The molecule has 0 saturated carbocycles. The molecule has 1 aliphatic rings. The summed E-state index contributed by atoms with van der Waals surface area (Å²) in [5, 5.41) is 0. The summed E-state index contributed by atoms with van der Waals surface area (Å²) in [6.45, 7) is 9.16. The molecule has 4 rings (SSSR count). The Morgan fingerprint density at radius 2 is 1.62 bits per heavy atom. The number of benzene rings is 2.